The lowest BCUT2D eigenvalue weighted by Crippen LogP contribution is -2.45. The minimum Gasteiger partial charge on any atom is -0.356 e. The highest BCUT2D eigenvalue weighted by atomic mass is 16.2. The second-order valence-corrected chi connectivity index (χ2v) is 6.55. The van der Waals surface area contributed by atoms with Crippen molar-refractivity contribution in [3.05, 3.63) is 36.0 Å². The summed E-state index contributed by atoms with van der Waals surface area (Å²) in [5.74, 6) is 0.0105. The Morgan fingerprint density at radius 2 is 2.08 bits per heavy atom. The summed E-state index contributed by atoms with van der Waals surface area (Å²) in [7, 11) is 1.95. The van der Waals surface area contributed by atoms with E-state index in [-0.39, 0.29) is 17.7 Å². The monoisotopic (exact) mass is 327 g/mol. The summed E-state index contributed by atoms with van der Waals surface area (Å²) in [5, 5.41) is 3.93. The molecule has 0 bridgehead atoms. The van der Waals surface area contributed by atoms with Gasteiger partial charge in [0.15, 0.2) is 0 Å². The third kappa shape index (κ3) is 3.16. The number of nitrogens with one attached hydrogen (secondary N) is 1. The molecule has 1 aliphatic rings. The van der Waals surface area contributed by atoms with Crippen LogP contribution in [-0.2, 0) is 11.8 Å². The van der Waals surface area contributed by atoms with Gasteiger partial charge in [0.1, 0.15) is 0 Å². The molecule has 24 heavy (non-hydrogen) atoms. The molecule has 2 aromatic rings. The van der Waals surface area contributed by atoms with E-state index in [4.69, 9.17) is 0 Å². The Morgan fingerprint density at radius 1 is 1.29 bits per heavy atom. The number of nitrogens with zero attached hydrogens (tertiary/aromatic N) is 2. The van der Waals surface area contributed by atoms with Crippen molar-refractivity contribution in [1.82, 2.24) is 14.8 Å². The zero-order valence-electron chi connectivity index (χ0n) is 14.4. The van der Waals surface area contributed by atoms with Crippen LogP contribution in [0.2, 0.25) is 0 Å². The zero-order chi connectivity index (χ0) is 17.1. The standard InChI is InChI=1S/C19H25N3O2/c1-3-10-20-18(23)14-7-6-11-22(12-14)19(24)16-13-21(2)17-9-5-4-8-15(16)17/h4-5,8-9,13-14H,3,6-7,10-12H2,1-2H3,(H,20,23)/t14-/m0/s1. The number of benzene rings is 1. The van der Waals surface area contributed by atoms with E-state index in [2.05, 4.69) is 5.32 Å². The average Bonchev–Trinajstić information content (AvgIpc) is 2.96. The van der Waals surface area contributed by atoms with Crippen molar-refractivity contribution in [2.45, 2.75) is 26.2 Å². The number of para-hydroxylation sites is 1. The minimum absolute atomic E-state index is 0.0276. The number of piperidine rings is 1. The fraction of sp³-hybridized carbons (Fsp3) is 0.474. The molecule has 5 nitrogen and oxygen atoms in total. The lowest BCUT2D eigenvalue weighted by molar-refractivity contribution is -0.126. The molecule has 2 amide bonds. The maximum atomic E-state index is 13.0. The minimum atomic E-state index is -0.0933. The van der Waals surface area contributed by atoms with E-state index in [1.165, 1.54) is 0 Å². The van der Waals surface area contributed by atoms with Crippen molar-refractivity contribution in [2.24, 2.45) is 13.0 Å². The lowest BCUT2D eigenvalue weighted by Gasteiger charge is -2.32. The number of fused-ring (bicyclic) bond motifs is 1. The number of rotatable bonds is 4. The van der Waals surface area contributed by atoms with Gasteiger partial charge in [-0.1, -0.05) is 25.1 Å². The predicted octanol–water partition coefficient (Wildman–Crippen LogP) is 2.56. The number of amides is 2. The summed E-state index contributed by atoms with van der Waals surface area (Å²) in [6, 6.07) is 7.93. The van der Waals surface area contributed by atoms with E-state index in [0.29, 0.717) is 13.1 Å². The van der Waals surface area contributed by atoms with Crippen LogP contribution in [0, 0.1) is 5.92 Å². The van der Waals surface area contributed by atoms with Crippen molar-refractivity contribution in [2.75, 3.05) is 19.6 Å². The number of likely N-dealkylation sites (tertiary alicyclic amines) is 1. The first-order valence-electron chi connectivity index (χ1n) is 8.73. The third-order valence-corrected chi connectivity index (χ3v) is 4.76. The molecule has 0 saturated carbocycles. The molecule has 3 rings (SSSR count). The predicted molar refractivity (Wildman–Crippen MR) is 94.8 cm³/mol. The van der Waals surface area contributed by atoms with Crippen molar-refractivity contribution in [3.8, 4) is 0 Å². The first-order chi connectivity index (χ1) is 11.6. The smallest absolute Gasteiger partial charge is 0.256 e. The molecular weight excluding hydrogens is 302 g/mol. The summed E-state index contributed by atoms with van der Waals surface area (Å²) in [6.45, 7) is 3.97. The number of aryl methyl sites for hydroxylation is 1. The first kappa shape index (κ1) is 16.6. The highest BCUT2D eigenvalue weighted by Gasteiger charge is 2.29. The third-order valence-electron chi connectivity index (χ3n) is 4.76. The Kier molecular flexibility index (Phi) is 4.88. The van der Waals surface area contributed by atoms with Crippen LogP contribution in [0.25, 0.3) is 10.9 Å². The van der Waals surface area contributed by atoms with Crippen molar-refractivity contribution in [1.29, 1.82) is 0 Å². The van der Waals surface area contributed by atoms with Gasteiger partial charge in [0.25, 0.3) is 5.91 Å². The first-order valence-corrected chi connectivity index (χ1v) is 8.73. The van der Waals surface area contributed by atoms with Gasteiger partial charge in [0, 0.05) is 43.8 Å². The summed E-state index contributed by atoms with van der Waals surface area (Å²) in [5.41, 5.74) is 1.78. The van der Waals surface area contributed by atoms with Crippen molar-refractivity contribution in [3.63, 3.8) is 0 Å². The molecule has 1 fully saturated rings. The highest BCUT2D eigenvalue weighted by molar-refractivity contribution is 6.07. The van der Waals surface area contributed by atoms with Gasteiger partial charge in [-0.15, -0.1) is 0 Å². The SMILES string of the molecule is CCCNC(=O)[C@H]1CCCN(C(=O)c2cn(C)c3ccccc23)C1. The molecule has 0 unspecified atom stereocenters. The Balaban J connectivity index is 1.78. The van der Waals surface area contributed by atoms with Crippen LogP contribution >= 0.6 is 0 Å². The Bertz CT molecular complexity index is 750. The second-order valence-electron chi connectivity index (χ2n) is 6.55. The molecule has 0 aliphatic carbocycles. The Morgan fingerprint density at radius 3 is 2.88 bits per heavy atom. The second kappa shape index (κ2) is 7.07. The summed E-state index contributed by atoms with van der Waals surface area (Å²) in [6.07, 6.45) is 4.56. The van der Waals surface area contributed by atoms with Crippen molar-refractivity contribution >= 4 is 22.7 Å². The van der Waals surface area contributed by atoms with E-state index in [9.17, 15) is 9.59 Å². The fourth-order valence-electron chi connectivity index (χ4n) is 3.45. The van der Waals surface area contributed by atoms with Gasteiger partial charge in [-0.25, -0.2) is 0 Å². The van der Waals surface area contributed by atoms with Gasteiger partial charge in [-0.3, -0.25) is 9.59 Å². The van der Waals surface area contributed by atoms with Crippen LogP contribution in [0.4, 0.5) is 0 Å². The normalized spacial score (nSPS) is 17.9. The molecule has 1 atom stereocenters. The number of hydrogen-bond donors (Lipinski definition) is 1. The van der Waals surface area contributed by atoms with E-state index in [1.807, 2.05) is 53.9 Å². The largest absolute Gasteiger partial charge is 0.356 e. The van der Waals surface area contributed by atoms with Gasteiger partial charge in [-0.2, -0.15) is 0 Å². The van der Waals surface area contributed by atoms with Gasteiger partial charge >= 0.3 is 0 Å². The maximum absolute atomic E-state index is 13.0. The summed E-state index contributed by atoms with van der Waals surface area (Å²) >= 11 is 0. The zero-order valence-corrected chi connectivity index (χ0v) is 14.4. The number of hydrogen-bond acceptors (Lipinski definition) is 2. The molecule has 5 heteroatoms. The van der Waals surface area contributed by atoms with Crippen molar-refractivity contribution < 1.29 is 9.59 Å². The average molecular weight is 327 g/mol. The molecule has 1 saturated heterocycles. The fourth-order valence-corrected chi connectivity index (χ4v) is 3.45. The summed E-state index contributed by atoms with van der Waals surface area (Å²) in [4.78, 5) is 27.0. The molecule has 1 N–H and O–H groups in total. The van der Waals surface area contributed by atoms with Gasteiger partial charge in [0.2, 0.25) is 5.91 Å². The van der Waals surface area contributed by atoms with Crippen LogP contribution in [0.1, 0.15) is 36.5 Å². The molecule has 1 aliphatic heterocycles. The molecule has 128 valence electrons. The molecule has 1 aromatic carbocycles. The molecule has 0 spiro atoms. The summed E-state index contributed by atoms with van der Waals surface area (Å²) < 4.78 is 1.98. The van der Waals surface area contributed by atoms with Gasteiger partial charge in [-0.05, 0) is 25.3 Å². The van der Waals surface area contributed by atoms with E-state index < -0.39 is 0 Å². The van der Waals surface area contributed by atoms with Crippen LogP contribution < -0.4 is 5.32 Å². The van der Waals surface area contributed by atoms with Crippen LogP contribution in [0.3, 0.4) is 0 Å². The lowest BCUT2D eigenvalue weighted by atomic mass is 9.96. The molecular formula is C19H25N3O2. The van der Waals surface area contributed by atoms with Crippen LogP contribution in [0.15, 0.2) is 30.5 Å². The van der Waals surface area contributed by atoms with Crippen LogP contribution in [0.5, 0.6) is 0 Å². The number of aromatic nitrogens is 1. The molecule has 1 aromatic heterocycles. The molecule has 0 radical (unpaired) electrons. The number of carbonyl (C=O) groups is 2. The van der Waals surface area contributed by atoms with Gasteiger partial charge < -0.3 is 14.8 Å². The Labute approximate surface area is 142 Å². The van der Waals surface area contributed by atoms with Gasteiger partial charge in [0.05, 0.1) is 11.5 Å². The quantitative estimate of drug-likeness (QED) is 0.938. The van der Waals surface area contributed by atoms with E-state index >= 15 is 0 Å². The molecule has 2 heterocycles. The Hall–Kier alpha value is -2.30. The van der Waals surface area contributed by atoms with E-state index in [0.717, 1.165) is 42.3 Å². The maximum Gasteiger partial charge on any atom is 0.256 e. The topological polar surface area (TPSA) is 54.3 Å². The van der Waals surface area contributed by atoms with Crippen LogP contribution in [-0.4, -0.2) is 40.9 Å². The highest BCUT2D eigenvalue weighted by Crippen LogP contribution is 2.24. The number of carbonyl (C=O) groups excluding carboxylic acids is 2. The van der Waals surface area contributed by atoms with E-state index in [1.54, 1.807) is 0 Å².